The van der Waals surface area contributed by atoms with Crippen molar-refractivity contribution in [3.63, 3.8) is 0 Å². The zero-order chi connectivity index (χ0) is 11.0. The molecule has 1 aliphatic rings. The van der Waals surface area contributed by atoms with E-state index in [9.17, 15) is 0 Å². The van der Waals surface area contributed by atoms with E-state index in [2.05, 4.69) is 35.7 Å². The summed E-state index contributed by atoms with van der Waals surface area (Å²) in [5, 5.41) is 4.13. The molecule has 0 atom stereocenters. The molecule has 0 aromatic heterocycles. The summed E-state index contributed by atoms with van der Waals surface area (Å²) in [7, 11) is 0. The maximum atomic E-state index is 6.18. The van der Waals surface area contributed by atoms with Crippen LogP contribution < -0.4 is 5.32 Å². The van der Waals surface area contributed by atoms with Crippen LogP contribution >= 0.6 is 11.6 Å². The van der Waals surface area contributed by atoms with E-state index in [-0.39, 0.29) is 0 Å². The first-order chi connectivity index (χ1) is 7.84. The SMILES string of the molecule is Clc1cccc2c1Nc1ccccc1C=C2. The average molecular weight is 228 g/mol. The quantitative estimate of drug-likeness (QED) is 0.593. The van der Waals surface area contributed by atoms with Gasteiger partial charge in [-0.3, -0.25) is 0 Å². The molecule has 0 amide bonds. The Morgan fingerprint density at radius 1 is 0.812 bits per heavy atom. The minimum absolute atomic E-state index is 0.749. The van der Waals surface area contributed by atoms with Gasteiger partial charge < -0.3 is 5.32 Å². The molecule has 0 saturated carbocycles. The summed E-state index contributed by atoms with van der Waals surface area (Å²) in [5.74, 6) is 0. The second kappa shape index (κ2) is 3.69. The number of fused-ring (bicyclic) bond motifs is 2. The molecule has 0 saturated heterocycles. The lowest BCUT2D eigenvalue weighted by atomic mass is 10.1. The number of hydrogen-bond acceptors (Lipinski definition) is 1. The van der Waals surface area contributed by atoms with E-state index in [1.54, 1.807) is 0 Å². The number of rotatable bonds is 0. The fourth-order valence-corrected chi connectivity index (χ4v) is 2.11. The predicted octanol–water partition coefficient (Wildman–Crippen LogP) is 4.57. The van der Waals surface area contributed by atoms with E-state index >= 15 is 0 Å². The van der Waals surface area contributed by atoms with Crippen LogP contribution in [-0.4, -0.2) is 0 Å². The van der Waals surface area contributed by atoms with Gasteiger partial charge in [-0.25, -0.2) is 0 Å². The Kier molecular flexibility index (Phi) is 2.19. The van der Waals surface area contributed by atoms with Crippen molar-refractivity contribution >= 4 is 35.1 Å². The van der Waals surface area contributed by atoms with Gasteiger partial charge in [0.25, 0.3) is 0 Å². The topological polar surface area (TPSA) is 12.0 Å². The molecule has 1 nitrogen and oxygen atoms in total. The molecule has 78 valence electrons. The second-order valence-electron chi connectivity index (χ2n) is 3.75. The molecule has 2 heteroatoms. The Labute approximate surface area is 99.4 Å². The second-order valence-corrected chi connectivity index (χ2v) is 4.16. The number of halogens is 1. The van der Waals surface area contributed by atoms with E-state index in [0.29, 0.717) is 0 Å². The highest BCUT2D eigenvalue weighted by atomic mass is 35.5. The van der Waals surface area contributed by atoms with Crippen LogP contribution in [-0.2, 0) is 0 Å². The molecule has 2 aromatic rings. The fourth-order valence-electron chi connectivity index (χ4n) is 1.88. The highest BCUT2D eigenvalue weighted by Crippen LogP contribution is 2.34. The van der Waals surface area contributed by atoms with E-state index in [1.807, 2.05) is 24.3 Å². The van der Waals surface area contributed by atoms with E-state index in [0.717, 1.165) is 22.0 Å². The van der Waals surface area contributed by atoms with Crippen molar-refractivity contribution in [1.29, 1.82) is 0 Å². The van der Waals surface area contributed by atoms with Crippen LogP contribution in [0.2, 0.25) is 5.02 Å². The fraction of sp³-hybridized carbons (Fsp3) is 0. The van der Waals surface area contributed by atoms with Crippen LogP contribution in [0.25, 0.3) is 12.2 Å². The zero-order valence-corrected chi connectivity index (χ0v) is 9.33. The maximum Gasteiger partial charge on any atom is 0.0647 e. The number of nitrogens with one attached hydrogen (secondary N) is 1. The Balaban J connectivity index is 2.22. The summed E-state index contributed by atoms with van der Waals surface area (Å²) in [4.78, 5) is 0. The van der Waals surface area contributed by atoms with Gasteiger partial charge in [-0.15, -0.1) is 0 Å². The smallest absolute Gasteiger partial charge is 0.0647 e. The van der Waals surface area contributed by atoms with Gasteiger partial charge in [-0.2, -0.15) is 0 Å². The molecule has 0 bridgehead atoms. The largest absolute Gasteiger partial charge is 0.353 e. The first-order valence-corrected chi connectivity index (χ1v) is 5.55. The standard InChI is InChI=1S/C14H10ClN/c15-12-6-3-5-11-9-8-10-4-1-2-7-13(10)16-14(11)12/h1-9,16H. The van der Waals surface area contributed by atoms with Gasteiger partial charge >= 0.3 is 0 Å². The molecular formula is C14H10ClN. The highest BCUT2D eigenvalue weighted by molar-refractivity contribution is 6.33. The third kappa shape index (κ3) is 1.50. The van der Waals surface area contributed by atoms with Crippen molar-refractivity contribution in [2.24, 2.45) is 0 Å². The lowest BCUT2D eigenvalue weighted by Gasteiger charge is -2.10. The molecule has 0 fully saturated rings. The first kappa shape index (κ1) is 9.49. The summed E-state index contributed by atoms with van der Waals surface area (Å²) in [6.45, 7) is 0. The third-order valence-corrected chi connectivity index (χ3v) is 3.02. The molecular weight excluding hydrogens is 218 g/mol. The van der Waals surface area contributed by atoms with Crippen molar-refractivity contribution in [1.82, 2.24) is 0 Å². The van der Waals surface area contributed by atoms with Gasteiger partial charge in [-0.05, 0) is 23.3 Å². The summed E-state index contributed by atoms with van der Waals surface area (Å²) >= 11 is 6.18. The number of hydrogen-bond donors (Lipinski definition) is 1. The van der Waals surface area contributed by atoms with E-state index < -0.39 is 0 Å². The molecule has 3 rings (SSSR count). The molecule has 1 N–H and O–H groups in total. The van der Waals surface area contributed by atoms with Crippen molar-refractivity contribution < 1.29 is 0 Å². The lowest BCUT2D eigenvalue weighted by molar-refractivity contribution is 1.53. The Morgan fingerprint density at radius 3 is 2.50 bits per heavy atom. The molecule has 0 radical (unpaired) electrons. The van der Waals surface area contributed by atoms with Crippen LogP contribution in [0, 0.1) is 0 Å². The summed E-state index contributed by atoms with van der Waals surface area (Å²) in [6.07, 6.45) is 4.19. The van der Waals surface area contributed by atoms with Gasteiger partial charge in [0.15, 0.2) is 0 Å². The van der Waals surface area contributed by atoms with Crippen molar-refractivity contribution in [3.8, 4) is 0 Å². The third-order valence-electron chi connectivity index (χ3n) is 2.71. The molecule has 0 aliphatic carbocycles. The highest BCUT2D eigenvalue weighted by Gasteiger charge is 2.09. The minimum Gasteiger partial charge on any atom is -0.353 e. The number of para-hydroxylation sites is 2. The molecule has 2 aromatic carbocycles. The van der Waals surface area contributed by atoms with Gasteiger partial charge in [0.2, 0.25) is 0 Å². The van der Waals surface area contributed by atoms with Crippen LogP contribution in [0.5, 0.6) is 0 Å². The van der Waals surface area contributed by atoms with Gasteiger partial charge in [0, 0.05) is 5.69 Å². The predicted molar refractivity (Wildman–Crippen MR) is 70.1 cm³/mol. The number of anilines is 2. The van der Waals surface area contributed by atoms with E-state index in [1.165, 1.54) is 5.56 Å². The molecule has 16 heavy (non-hydrogen) atoms. The van der Waals surface area contributed by atoms with Crippen LogP contribution in [0.3, 0.4) is 0 Å². The Bertz CT molecular complexity index is 573. The van der Waals surface area contributed by atoms with E-state index in [4.69, 9.17) is 11.6 Å². The Hall–Kier alpha value is -1.73. The maximum absolute atomic E-state index is 6.18. The zero-order valence-electron chi connectivity index (χ0n) is 8.57. The normalized spacial score (nSPS) is 12.3. The number of benzene rings is 2. The van der Waals surface area contributed by atoms with Crippen molar-refractivity contribution in [2.75, 3.05) is 5.32 Å². The van der Waals surface area contributed by atoms with Crippen LogP contribution in [0.15, 0.2) is 42.5 Å². The Morgan fingerprint density at radius 2 is 1.56 bits per heavy atom. The summed E-state index contributed by atoms with van der Waals surface area (Å²) in [5.41, 5.74) is 4.36. The van der Waals surface area contributed by atoms with Gasteiger partial charge in [0.05, 0.1) is 10.7 Å². The van der Waals surface area contributed by atoms with Crippen LogP contribution in [0.4, 0.5) is 11.4 Å². The minimum atomic E-state index is 0.749. The molecule has 0 unspecified atom stereocenters. The molecule has 1 heterocycles. The summed E-state index contributed by atoms with van der Waals surface area (Å²) in [6, 6.07) is 14.1. The monoisotopic (exact) mass is 227 g/mol. The van der Waals surface area contributed by atoms with Gasteiger partial charge in [-0.1, -0.05) is 54.1 Å². The summed E-state index contributed by atoms with van der Waals surface area (Å²) < 4.78 is 0. The lowest BCUT2D eigenvalue weighted by Crippen LogP contribution is -1.93. The molecule has 0 spiro atoms. The van der Waals surface area contributed by atoms with Crippen molar-refractivity contribution in [3.05, 3.63) is 58.6 Å². The van der Waals surface area contributed by atoms with Crippen LogP contribution in [0.1, 0.15) is 11.1 Å². The first-order valence-electron chi connectivity index (χ1n) is 5.17. The average Bonchev–Trinajstić information content (AvgIpc) is 2.50. The molecule has 1 aliphatic heterocycles. The van der Waals surface area contributed by atoms with Crippen molar-refractivity contribution in [2.45, 2.75) is 0 Å². The van der Waals surface area contributed by atoms with Gasteiger partial charge in [0.1, 0.15) is 0 Å².